The molecular formula is C18H25F2N3O2. The van der Waals surface area contributed by atoms with Crippen molar-refractivity contribution in [2.45, 2.75) is 51.3 Å². The summed E-state index contributed by atoms with van der Waals surface area (Å²) in [7, 11) is 0. The van der Waals surface area contributed by atoms with Crippen molar-refractivity contribution in [2.24, 2.45) is 5.73 Å². The third kappa shape index (κ3) is 3.56. The van der Waals surface area contributed by atoms with Crippen molar-refractivity contribution in [2.75, 3.05) is 24.5 Å². The maximum Gasteiger partial charge on any atom is 0.410 e. The van der Waals surface area contributed by atoms with Crippen LogP contribution < -0.4 is 10.6 Å². The number of carbonyl (C=O) groups is 1. The largest absolute Gasteiger partial charge is 0.444 e. The molecule has 0 spiro atoms. The number of hydrogen-bond donors (Lipinski definition) is 1. The highest BCUT2D eigenvalue weighted by Gasteiger charge is 2.47. The molecule has 1 aromatic rings. The van der Waals surface area contributed by atoms with E-state index >= 15 is 0 Å². The first kappa shape index (κ1) is 17.9. The molecular weight excluding hydrogens is 328 g/mol. The van der Waals surface area contributed by atoms with E-state index in [2.05, 4.69) is 0 Å². The molecule has 2 bridgehead atoms. The summed E-state index contributed by atoms with van der Waals surface area (Å²) >= 11 is 0. The predicted molar refractivity (Wildman–Crippen MR) is 91.6 cm³/mol. The van der Waals surface area contributed by atoms with Crippen LogP contribution in [0.5, 0.6) is 0 Å². The van der Waals surface area contributed by atoms with Crippen molar-refractivity contribution in [1.82, 2.24) is 4.90 Å². The number of likely N-dealkylation sites (tertiary alicyclic amines) is 1. The summed E-state index contributed by atoms with van der Waals surface area (Å²) in [5.41, 5.74) is 5.43. The predicted octanol–water partition coefficient (Wildman–Crippen LogP) is 2.66. The molecule has 25 heavy (non-hydrogen) atoms. The molecule has 0 unspecified atom stereocenters. The van der Waals surface area contributed by atoms with Gasteiger partial charge in [0.2, 0.25) is 0 Å². The second-order valence-electron chi connectivity index (χ2n) is 7.76. The van der Waals surface area contributed by atoms with E-state index < -0.39 is 17.2 Å². The molecule has 2 saturated heterocycles. The van der Waals surface area contributed by atoms with Crippen LogP contribution in [0.3, 0.4) is 0 Å². The quantitative estimate of drug-likeness (QED) is 0.908. The van der Waals surface area contributed by atoms with E-state index in [4.69, 9.17) is 10.5 Å². The van der Waals surface area contributed by atoms with Gasteiger partial charge in [0.05, 0.1) is 11.7 Å². The van der Waals surface area contributed by atoms with E-state index in [-0.39, 0.29) is 30.4 Å². The second-order valence-corrected chi connectivity index (χ2v) is 7.76. The lowest BCUT2D eigenvalue weighted by Gasteiger charge is -2.36. The van der Waals surface area contributed by atoms with E-state index in [0.717, 1.165) is 6.42 Å². The number of amides is 1. The highest BCUT2D eigenvalue weighted by molar-refractivity contribution is 5.70. The lowest BCUT2D eigenvalue weighted by Crippen LogP contribution is -2.50. The molecule has 2 fully saturated rings. The van der Waals surface area contributed by atoms with E-state index in [1.807, 2.05) is 25.7 Å². The minimum absolute atomic E-state index is 0.0215. The molecule has 0 radical (unpaired) electrons. The molecule has 2 aliphatic heterocycles. The molecule has 5 nitrogen and oxygen atoms in total. The minimum Gasteiger partial charge on any atom is -0.444 e. The number of benzene rings is 1. The highest BCUT2D eigenvalue weighted by Crippen LogP contribution is 2.37. The monoisotopic (exact) mass is 353 g/mol. The number of hydrogen-bond acceptors (Lipinski definition) is 4. The van der Waals surface area contributed by atoms with Crippen LogP contribution in [0.2, 0.25) is 0 Å². The molecule has 3 rings (SSSR count). The first-order valence-corrected chi connectivity index (χ1v) is 8.64. The van der Waals surface area contributed by atoms with Crippen molar-refractivity contribution < 1.29 is 18.3 Å². The van der Waals surface area contributed by atoms with Crippen LogP contribution in [0.25, 0.3) is 0 Å². The normalized spacial score (nSPS) is 22.6. The summed E-state index contributed by atoms with van der Waals surface area (Å²) in [6.45, 7) is 6.70. The van der Waals surface area contributed by atoms with Gasteiger partial charge in [-0.15, -0.1) is 0 Å². The van der Waals surface area contributed by atoms with Gasteiger partial charge >= 0.3 is 6.09 Å². The minimum atomic E-state index is -0.549. The molecule has 2 heterocycles. The standard InChI is InChI=1S/C18H25F2N3O2/c1-18(2,3)25-17(24)23-10-12-7-13(23)9-22(12)16-8-14(19)11(4-5-21)6-15(16)20/h6,8,12-13H,4-5,7,9-10,21H2,1-3H3/t12-,13-/m1/s1. The Morgan fingerprint density at radius 3 is 2.52 bits per heavy atom. The van der Waals surface area contributed by atoms with E-state index in [1.54, 1.807) is 4.90 Å². The van der Waals surface area contributed by atoms with Gasteiger partial charge in [0.1, 0.15) is 17.2 Å². The van der Waals surface area contributed by atoms with Crippen LogP contribution in [0, 0.1) is 11.6 Å². The molecule has 0 aromatic heterocycles. The lowest BCUT2D eigenvalue weighted by atomic mass is 10.1. The molecule has 7 heteroatoms. The number of piperazine rings is 1. The molecule has 2 atom stereocenters. The average Bonchev–Trinajstić information content (AvgIpc) is 3.09. The zero-order chi connectivity index (χ0) is 18.4. The zero-order valence-electron chi connectivity index (χ0n) is 14.9. The molecule has 2 N–H and O–H groups in total. The maximum absolute atomic E-state index is 14.5. The Morgan fingerprint density at radius 2 is 1.96 bits per heavy atom. The number of halogens is 2. The smallest absolute Gasteiger partial charge is 0.410 e. The Kier molecular flexibility index (Phi) is 4.62. The Hall–Kier alpha value is -1.89. The number of fused-ring (bicyclic) bond motifs is 2. The van der Waals surface area contributed by atoms with Crippen molar-refractivity contribution in [3.63, 3.8) is 0 Å². The number of ether oxygens (including phenoxy) is 1. The molecule has 1 amide bonds. The summed E-state index contributed by atoms with van der Waals surface area (Å²) in [6, 6.07) is 2.42. The Balaban J connectivity index is 1.73. The summed E-state index contributed by atoms with van der Waals surface area (Å²) in [5, 5.41) is 0. The van der Waals surface area contributed by atoms with E-state index in [1.165, 1.54) is 12.1 Å². The summed E-state index contributed by atoms with van der Waals surface area (Å²) in [5.74, 6) is -0.880. The molecule has 138 valence electrons. The van der Waals surface area contributed by atoms with Crippen molar-refractivity contribution >= 4 is 11.8 Å². The van der Waals surface area contributed by atoms with Crippen molar-refractivity contribution in [3.8, 4) is 0 Å². The number of rotatable bonds is 3. The van der Waals surface area contributed by atoms with Crippen LogP contribution in [-0.4, -0.2) is 48.3 Å². The zero-order valence-corrected chi connectivity index (χ0v) is 14.9. The maximum atomic E-state index is 14.5. The number of nitrogens with zero attached hydrogens (tertiary/aromatic N) is 2. The SMILES string of the molecule is CC(C)(C)OC(=O)N1C[C@H]2C[C@@H]1CN2c1cc(F)c(CCN)cc1F. The van der Waals surface area contributed by atoms with Gasteiger partial charge in [-0.3, -0.25) is 0 Å². The molecule has 2 aliphatic rings. The van der Waals surface area contributed by atoms with Gasteiger partial charge in [0.15, 0.2) is 0 Å². The first-order chi connectivity index (χ1) is 11.7. The van der Waals surface area contributed by atoms with Crippen LogP contribution in [0.15, 0.2) is 12.1 Å². The third-order valence-corrected chi connectivity index (χ3v) is 4.71. The fourth-order valence-corrected chi connectivity index (χ4v) is 3.65. The average molecular weight is 353 g/mol. The van der Waals surface area contributed by atoms with Gasteiger partial charge in [-0.2, -0.15) is 0 Å². The van der Waals surface area contributed by atoms with Crippen molar-refractivity contribution in [3.05, 3.63) is 29.3 Å². The lowest BCUT2D eigenvalue weighted by molar-refractivity contribution is 0.0214. The Labute approximate surface area is 146 Å². The van der Waals surface area contributed by atoms with Crippen LogP contribution in [0.4, 0.5) is 19.3 Å². The molecule has 1 aromatic carbocycles. The van der Waals surface area contributed by atoms with Gasteiger partial charge in [0, 0.05) is 25.2 Å². The fraction of sp³-hybridized carbons (Fsp3) is 0.611. The Bertz CT molecular complexity index is 675. The van der Waals surface area contributed by atoms with E-state index in [9.17, 15) is 13.6 Å². The fourth-order valence-electron chi connectivity index (χ4n) is 3.65. The van der Waals surface area contributed by atoms with Gasteiger partial charge < -0.3 is 20.3 Å². The first-order valence-electron chi connectivity index (χ1n) is 8.64. The van der Waals surface area contributed by atoms with Crippen LogP contribution >= 0.6 is 0 Å². The number of nitrogens with two attached hydrogens (primary N) is 1. The van der Waals surface area contributed by atoms with Crippen LogP contribution in [0.1, 0.15) is 32.8 Å². The topological polar surface area (TPSA) is 58.8 Å². The van der Waals surface area contributed by atoms with Gasteiger partial charge in [-0.05, 0) is 51.8 Å². The van der Waals surface area contributed by atoms with Gasteiger partial charge in [-0.25, -0.2) is 13.6 Å². The summed E-state index contributed by atoms with van der Waals surface area (Å²) in [4.78, 5) is 15.8. The van der Waals surface area contributed by atoms with Crippen molar-refractivity contribution in [1.29, 1.82) is 0 Å². The molecule has 0 saturated carbocycles. The summed E-state index contributed by atoms with van der Waals surface area (Å²) in [6.07, 6.45) is 0.705. The van der Waals surface area contributed by atoms with Gasteiger partial charge in [0.25, 0.3) is 0 Å². The van der Waals surface area contributed by atoms with E-state index in [0.29, 0.717) is 25.1 Å². The highest BCUT2D eigenvalue weighted by atomic mass is 19.1. The third-order valence-electron chi connectivity index (χ3n) is 4.71. The number of anilines is 1. The Morgan fingerprint density at radius 1 is 1.24 bits per heavy atom. The molecule has 0 aliphatic carbocycles. The summed E-state index contributed by atoms with van der Waals surface area (Å²) < 4.78 is 34.0. The second kappa shape index (κ2) is 6.44. The van der Waals surface area contributed by atoms with Gasteiger partial charge in [-0.1, -0.05) is 0 Å². The van der Waals surface area contributed by atoms with Crippen LogP contribution in [-0.2, 0) is 11.2 Å². The number of carbonyl (C=O) groups excluding carboxylic acids is 1.